The number of alkyl halides is 3. The molecule has 1 rings (SSSR count). The molecule has 0 aliphatic rings. The Balaban J connectivity index is 3.13. The van der Waals surface area contributed by atoms with Crippen molar-refractivity contribution in [1.82, 2.24) is 4.98 Å². The number of aromatic nitrogens is 1. The molecule has 21 heavy (non-hydrogen) atoms. The first-order valence-electron chi connectivity index (χ1n) is 6.68. The van der Waals surface area contributed by atoms with Gasteiger partial charge in [0, 0.05) is 6.04 Å². The molecule has 1 heterocycles. The zero-order chi connectivity index (χ0) is 16.4. The van der Waals surface area contributed by atoms with E-state index < -0.39 is 18.3 Å². The first-order chi connectivity index (χ1) is 9.39. The van der Waals surface area contributed by atoms with Gasteiger partial charge in [-0.3, -0.25) is 0 Å². The Labute approximate surface area is 123 Å². The summed E-state index contributed by atoms with van der Waals surface area (Å²) >= 11 is 0. The number of ether oxygens (including phenoxy) is 1. The normalized spacial score (nSPS) is 12.6. The third-order valence-corrected chi connectivity index (χ3v) is 2.55. The molecule has 0 saturated heterocycles. The third-order valence-electron chi connectivity index (χ3n) is 2.55. The van der Waals surface area contributed by atoms with Crippen LogP contribution in [0.2, 0.25) is 0 Å². The molecule has 1 aromatic heterocycles. The molecule has 0 saturated carbocycles. The van der Waals surface area contributed by atoms with E-state index in [-0.39, 0.29) is 17.7 Å². The van der Waals surface area contributed by atoms with Crippen molar-refractivity contribution >= 4 is 11.5 Å². The van der Waals surface area contributed by atoms with Gasteiger partial charge in [0.05, 0.1) is 5.69 Å². The van der Waals surface area contributed by atoms with Crippen LogP contribution in [0.1, 0.15) is 34.6 Å². The first-order valence-corrected chi connectivity index (χ1v) is 6.68. The summed E-state index contributed by atoms with van der Waals surface area (Å²) in [6.07, 6.45) is -4.31. The molecule has 120 valence electrons. The Kier molecular flexibility index (Phi) is 4.96. The molecule has 0 spiro atoms. The van der Waals surface area contributed by atoms with Crippen LogP contribution in [0.25, 0.3) is 0 Å². The number of nitrogens with two attached hydrogens (primary N) is 1. The number of rotatable bonds is 4. The molecule has 0 aliphatic carbocycles. The van der Waals surface area contributed by atoms with Crippen molar-refractivity contribution in [2.75, 3.05) is 17.2 Å². The van der Waals surface area contributed by atoms with Crippen LogP contribution in [0, 0.1) is 0 Å². The molecular weight excluding hydrogens is 283 g/mol. The zero-order valence-corrected chi connectivity index (χ0v) is 13.0. The molecule has 0 bridgehead atoms. The van der Waals surface area contributed by atoms with E-state index in [1.54, 1.807) is 13.8 Å². The van der Waals surface area contributed by atoms with E-state index in [9.17, 15) is 13.2 Å². The average Bonchev–Trinajstić information content (AvgIpc) is 2.26. The minimum Gasteiger partial charge on any atom is -0.470 e. The Morgan fingerprint density at radius 2 is 1.81 bits per heavy atom. The second kappa shape index (κ2) is 5.99. The van der Waals surface area contributed by atoms with Crippen LogP contribution in [0.4, 0.5) is 24.7 Å². The van der Waals surface area contributed by atoms with Gasteiger partial charge in [-0.2, -0.15) is 18.2 Å². The Bertz CT molecular complexity index is 481. The highest BCUT2D eigenvalue weighted by molar-refractivity contribution is 5.55. The summed E-state index contributed by atoms with van der Waals surface area (Å²) in [6.45, 7) is 7.73. The van der Waals surface area contributed by atoms with Crippen LogP contribution in [-0.4, -0.2) is 29.3 Å². The number of pyridine rings is 1. The predicted octanol–water partition coefficient (Wildman–Crippen LogP) is 3.62. The summed E-state index contributed by atoms with van der Waals surface area (Å²) in [5, 5.41) is 0. The monoisotopic (exact) mass is 305 g/mol. The van der Waals surface area contributed by atoms with Crippen LogP contribution in [0.15, 0.2) is 12.1 Å². The lowest BCUT2D eigenvalue weighted by Gasteiger charge is -2.30. The lowest BCUT2D eigenvalue weighted by atomic mass is 10.2. The number of hydrogen-bond acceptors (Lipinski definition) is 4. The summed E-state index contributed by atoms with van der Waals surface area (Å²) in [7, 11) is 0. The Hall–Kier alpha value is -1.66. The molecule has 4 nitrogen and oxygen atoms in total. The molecule has 0 aromatic carbocycles. The standard InChI is InChI=1S/C14H22F3N3O/c1-9(2)20(8-14(15,16)17)11-7-6-10(18)12(19-11)21-13(3,4)5/h6-7,9H,8,18H2,1-5H3. The minimum absolute atomic E-state index is 0.146. The van der Waals surface area contributed by atoms with E-state index >= 15 is 0 Å². The van der Waals surface area contributed by atoms with Gasteiger partial charge < -0.3 is 15.4 Å². The van der Waals surface area contributed by atoms with E-state index in [1.165, 1.54) is 12.1 Å². The number of hydrogen-bond donors (Lipinski definition) is 1. The second-order valence-electron chi connectivity index (χ2n) is 6.12. The number of halogens is 3. The molecule has 0 radical (unpaired) electrons. The summed E-state index contributed by atoms with van der Waals surface area (Å²) in [5.74, 6) is 0.337. The van der Waals surface area contributed by atoms with Crippen molar-refractivity contribution in [2.45, 2.75) is 52.4 Å². The number of nitrogens with zero attached hydrogens (tertiary/aromatic N) is 2. The zero-order valence-electron chi connectivity index (χ0n) is 13.0. The van der Waals surface area contributed by atoms with Gasteiger partial charge in [0.2, 0.25) is 5.88 Å². The predicted molar refractivity (Wildman–Crippen MR) is 77.6 cm³/mol. The summed E-state index contributed by atoms with van der Waals surface area (Å²) in [4.78, 5) is 5.30. The number of nitrogen functional groups attached to an aromatic ring is 1. The maximum Gasteiger partial charge on any atom is 0.405 e. The third kappa shape index (κ3) is 5.69. The summed E-state index contributed by atoms with van der Waals surface area (Å²) in [5.41, 5.74) is 5.53. The second-order valence-corrected chi connectivity index (χ2v) is 6.12. The molecule has 0 fully saturated rings. The average molecular weight is 305 g/mol. The minimum atomic E-state index is -4.31. The highest BCUT2D eigenvalue weighted by Gasteiger charge is 2.33. The van der Waals surface area contributed by atoms with Gasteiger partial charge in [0.25, 0.3) is 0 Å². The van der Waals surface area contributed by atoms with Gasteiger partial charge >= 0.3 is 6.18 Å². The van der Waals surface area contributed by atoms with Crippen molar-refractivity contribution in [1.29, 1.82) is 0 Å². The lowest BCUT2D eigenvalue weighted by molar-refractivity contribution is -0.120. The first kappa shape index (κ1) is 17.4. The van der Waals surface area contributed by atoms with Crippen LogP contribution >= 0.6 is 0 Å². The maximum absolute atomic E-state index is 12.7. The molecule has 2 N–H and O–H groups in total. The van der Waals surface area contributed by atoms with Gasteiger partial charge in [-0.1, -0.05) is 0 Å². The van der Waals surface area contributed by atoms with Gasteiger partial charge in [-0.05, 0) is 46.8 Å². The fourth-order valence-corrected chi connectivity index (χ4v) is 1.69. The summed E-state index contributed by atoms with van der Waals surface area (Å²) < 4.78 is 43.6. The van der Waals surface area contributed by atoms with Gasteiger partial charge in [-0.25, -0.2) is 0 Å². The van der Waals surface area contributed by atoms with Crippen molar-refractivity contribution in [3.05, 3.63) is 12.1 Å². The van der Waals surface area contributed by atoms with E-state index in [0.29, 0.717) is 5.69 Å². The highest BCUT2D eigenvalue weighted by Crippen LogP contribution is 2.29. The quantitative estimate of drug-likeness (QED) is 0.923. The Morgan fingerprint density at radius 3 is 2.24 bits per heavy atom. The van der Waals surface area contributed by atoms with E-state index in [4.69, 9.17) is 10.5 Å². The van der Waals surface area contributed by atoms with Crippen molar-refractivity contribution < 1.29 is 17.9 Å². The molecule has 0 aliphatic heterocycles. The molecular formula is C14H22F3N3O. The SMILES string of the molecule is CC(C)N(CC(F)(F)F)c1ccc(N)c(OC(C)(C)C)n1. The topological polar surface area (TPSA) is 51.4 Å². The molecule has 0 atom stereocenters. The smallest absolute Gasteiger partial charge is 0.405 e. The Morgan fingerprint density at radius 1 is 1.24 bits per heavy atom. The fourth-order valence-electron chi connectivity index (χ4n) is 1.69. The van der Waals surface area contributed by atoms with Gasteiger partial charge in [0.1, 0.15) is 18.0 Å². The van der Waals surface area contributed by atoms with Crippen LogP contribution < -0.4 is 15.4 Å². The van der Waals surface area contributed by atoms with Crippen LogP contribution in [0.5, 0.6) is 5.88 Å². The van der Waals surface area contributed by atoms with Crippen LogP contribution in [-0.2, 0) is 0 Å². The molecule has 7 heteroatoms. The lowest BCUT2D eigenvalue weighted by Crippen LogP contribution is -2.39. The van der Waals surface area contributed by atoms with Crippen molar-refractivity contribution in [3.8, 4) is 5.88 Å². The molecule has 0 amide bonds. The largest absolute Gasteiger partial charge is 0.470 e. The highest BCUT2D eigenvalue weighted by atomic mass is 19.4. The van der Waals surface area contributed by atoms with Crippen molar-refractivity contribution in [2.24, 2.45) is 0 Å². The number of anilines is 2. The van der Waals surface area contributed by atoms with Gasteiger partial charge in [0.15, 0.2) is 0 Å². The van der Waals surface area contributed by atoms with E-state index in [2.05, 4.69) is 4.98 Å². The van der Waals surface area contributed by atoms with Crippen LogP contribution in [0.3, 0.4) is 0 Å². The molecule has 0 unspecified atom stereocenters. The summed E-state index contributed by atoms with van der Waals surface area (Å²) in [6, 6.07) is 2.62. The van der Waals surface area contributed by atoms with Crippen molar-refractivity contribution in [3.63, 3.8) is 0 Å². The van der Waals surface area contributed by atoms with E-state index in [0.717, 1.165) is 4.90 Å². The van der Waals surface area contributed by atoms with Gasteiger partial charge in [-0.15, -0.1) is 0 Å². The molecule has 1 aromatic rings. The fraction of sp³-hybridized carbons (Fsp3) is 0.643. The van der Waals surface area contributed by atoms with E-state index in [1.807, 2.05) is 20.8 Å². The maximum atomic E-state index is 12.7.